The Hall–Kier alpha value is -2.53. The number of rotatable bonds is 17. The lowest BCUT2D eigenvalue weighted by Crippen LogP contribution is -2.68. The Kier molecular flexibility index (Phi) is 14.3. The van der Waals surface area contributed by atoms with Crippen molar-refractivity contribution in [3.8, 4) is 5.75 Å². The van der Waals surface area contributed by atoms with Crippen molar-refractivity contribution in [1.29, 1.82) is 0 Å². The van der Waals surface area contributed by atoms with Gasteiger partial charge in [-0.2, -0.15) is 0 Å². The molecule has 0 bridgehead atoms. The average molecular weight is 705 g/mol. The third-order valence-corrected chi connectivity index (χ3v) is 20.1. The fourth-order valence-electron chi connectivity index (χ4n) is 6.22. The highest BCUT2D eigenvalue weighted by molar-refractivity contribution is 6.99. The lowest BCUT2D eigenvalue weighted by molar-refractivity contribution is -0.0513. The van der Waals surface area contributed by atoms with Crippen LogP contribution in [0.2, 0.25) is 23.2 Å². The quantitative estimate of drug-likeness (QED) is 0.112. The Morgan fingerprint density at radius 2 is 1.29 bits per heavy atom. The van der Waals surface area contributed by atoms with Gasteiger partial charge in [0.1, 0.15) is 5.75 Å². The van der Waals surface area contributed by atoms with Gasteiger partial charge < -0.3 is 23.4 Å². The normalized spacial score (nSPS) is 16.0. The van der Waals surface area contributed by atoms with Crippen molar-refractivity contribution in [3.05, 3.63) is 103 Å². The van der Waals surface area contributed by atoms with Gasteiger partial charge in [-0.25, -0.2) is 0 Å². The molecule has 0 saturated carbocycles. The van der Waals surface area contributed by atoms with Crippen LogP contribution < -0.4 is 15.1 Å². The first-order valence-electron chi connectivity index (χ1n) is 17.8. The molecule has 0 aliphatic heterocycles. The summed E-state index contributed by atoms with van der Waals surface area (Å²) < 4.78 is 26.8. The smallest absolute Gasteiger partial charge is 0.261 e. The van der Waals surface area contributed by atoms with E-state index in [4.69, 9.17) is 18.3 Å². The number of hydrogen-bond donors (Lipinski definition) is 1. The second-order valence-corrected chi connectivity index (χ2v) is 25.5. The third-order valence-electron chi connectivity index (χ3n) is 10.6. The van der Waals surface area contributed by atoms with Crippen LogP contribution in [0.15, 0.2) is 97.1 Å². The fraction of sp³-hybridized carbons (Fsp3) is 0.524. The molecule has 3 rings (SSSR count). The minimum Gasteiger partial charge on any atom is -0.497 e. The maximum Gasteiger partial charge on any atom is 0.261 e. The minimum absolute atomic E-state index is 0.0757. The molecule has 3 aromatic carbocycles. The first kappa shape index (κ1) is 40.9. The van der Waals surface area contributed by atoms with E-state index in [1.807, 2.05) is 19.1 Å². The summed E-state index contributed by atoms with van der Waals surface area (Å²) in [5.74, 6) is 0.657. The monoisotopic (exact) mass is 704 g/mol. The first-order valence-corrected chi connectivity index (χ1v) is 22.7. The molecule has 0 radical (unpaired) electrons. The van der Waals surface area contributed by atoms with Crippen LogP contribution in [-0.4, -0.2) is 53.8 Å². The van der Waals surface area contributed by atoms with E-state index in [-0.39, 0.29) is 34.1 Å². The summed E-state index contributed by atoms with van der Waals surface area (Å²) in [6.07, 6.45) is -0.679. The summed E-state index contributed by atoms with van der Waals surface area (Å²) >= 11 is 0. The molecule has 5 atom stereocenters. The molecule has 7 heteroatoms. The number of benzene rings is 3. The van der Waals surface area contributed by atoms with E-state index in [0.717, 1.165) is 16.9 Å². The average Bonchev–Trinajstić information content (AvgIpc) is 3.06. The topological polar surface area (TPSA) is 57.2 Å². The van der Waals surface area contributed by atoms with Gasteiger partial charge in [0.05, 0.1) is 32.0 Å². The Bertz CT molecular complexity index is 1390. The Labute approximate surface area is 300 Å². The highest BCUT2D eigenvalue weighted by Crippen LogP contribution is 2.41. The standard InChI is InChI=1S/C42H64O5Si2/c1-31(2)40(43)33(4)39(47-49(42(8,9)10,36-20-16-14-17-21-36)37-22-18-15-19-23-37)28-38(32(3)29-46-48(12,13)41(5,6)7)45-30-34-24-26-35(44-11)27-25-34/h14-27,32-33,38-40,43H,1,28-30H2,2-13H3/t32-,33-,38-,39-,40-/m0/s1. The predicted octanol–water partition coefficient (Wildman–Crippen LogP) is 9.15. The van der Waals surface area contributed by atoms with E-state index < -0.39 is 22.7 Å². The van der Waals surface area contributed by atoms with E-state index in [1.165, 1.54) is 10.4 Å². The van der Waals surface area contributed by atoms with Crippen LogP contribution >= 0.6 is 0 Å². The maximum atomic E-state index is 11.6. The van der Waals surface area contributed by atoms with Gasteiger partial charge >= 0.3 is 0 Å². The molecule has 0 saturated heterocycles. The van der Waals surface area contributed by atoms with Crippen LogP contribution in [0.3, 0.4) is 0 Å². The number of methoxy groups -OCH3 is 1. The number of aliphatic hydroxyl groups excluding tert-OH is 1. The van der Waals surface area contributed by atoms with E-state index in [2.05, 4.69) is 148 Å². The largest absolute Gasteiger partial charge is 0.497 e. The molecule has 0 amide bonds. The van der Waals surface area contributed by atoms with Crippen LogP contribution in [0.5, 0.6) is 5.75 Å². The van der Waals surface area contributed by atoms with Crippen molar-refractivity contribution in [3.63, 3.8) is 0 Å². The molecule has 3 aromatic rings. The fourth-order valence-corrected chi connectivity index (χ4v) is 12.1. The summed E-state index contributed by atoms with van der Waals surface area (Å²) in [5, 5.41) is 13.9. The van der Waals surface area contributed by atoms with Crippen LogP contribution in [0.25, 0.3) is 0 Å². The van der Waals surface area contributed by atoms with Gasteiger partial charge in [-0.15, -0.1) is 0 Å². The number of aliphatic hydroxyl groups is 1. The summed E-state index contributed by atoms with van der Waals surface area (Å²) in [6, 6.07) is 29.5. The Morgan fingerprint density at radius 3 is 1.71 bits per heavy atom. The number of hydrogen-bond acceptors (Lipinski definition) is 5. The van der Waals surface area contributed by atoms with E-state index >= 15 is 0 Å². The van der Waals surface area contributed by atoms with Gasteiger partial charge in [0.25, 0.3) is 8.32 Å². The Balaban J connectivity index is 2.13. The molecule has 0 spiro atoms. The molecule has 270 valence electrons. The van der Waals surface area contributed by atoms with Crippen molar-refractivity contribution in [2.24, 2.45) is 11.8 Å². The number of ether oxygens (including phenoxy) is 2. The zero-order valence-electron chi connectivity index (χ0n) is 32.4. The molecular formula is C42H64O5Si2. The highest BCUT2D eigenvalue weighted by Gasteiger charge is 2.52. The summed E-state index contributed by atoms with van der Waals surface area (Å²) in [5.41, 5.74) is 1.80. The van der Waals surface area contributed by atoms with Gasteiger partial charge in [0, 0.05) is 18.4 Å². The molecule has 0 fully saturated rings. The lowest BCUT2D eigenvalue weighted by atomic mass is 9.88. The van der Waals surface area contributed by atoms with Crippen molar-refractivity contribution in [2.75, 3.05) is 13.7 Å². The molecule has 1 N–H and O–H groups in total. The predicted molar refractivity (Wildman–Crippen MR) is 211 cm³/mol. The second-order valence-electron chi connectivity index (χ2n) is 16.5. The van der Waals surface area contributed by atoms with Crippen LogP contribution in [-0.2, 0) is 20.2 Å². The third kappa shape index (κ3) is 10.3. The van der Waals surface area contributed by atoms with Crippen molar-refractivity contribution in [2.45, 2.75) is 117 Å². The zero-order chi connectivity index (χ0) is 36.6. The van der Waals surface area contributed by atoms with E-state index in [0.29, 0.717) is 19.6 Å². The zero-order valence-corrected chi connectivity index (χ0v) is 34.4. The van der Waals surface area contributed by atoms with Crippen LogP contribution in [0.4, 0.5) is 0 Å². The van der Waals surface area contributed by atoms with Crippen LogP contribution in [0, 0.1) is 11.8 Å². The molecule has 0 heterocycles. The first-order chi connectivity index (χ1) is 22.8. The molecule has 0 unspecified atom stereocenters. The molecule has 5 nitrogen and oxygen atoms in total. The minimum atomic E-state index is -2.96. The molecule has 0 aliphatic carbocycles. The summed E-state index contributed by atoms with van der Waals surface area (Å²) in [6.45, 7) is 29.7. The van der Waals surface area contributed by atoms with E-state index in [1.54, 1.807) is 7.11 Å². The van der Waals surface area contributed by atoms with E-state index in [9.17, 15) is 5.11 Å². The lowest BCUT2D eigenvalue weighted by Gasteiger charge is -2.47. The van der Waals surface area contributed by atoms with Gasteiger partial charge in [0.15, 0.2) is 8.32 Å². The van der Waals surface area contributed by atoms with Crippen molar-refractivity contribution >= 4 is 27.0 Å². The van der Waals surface area contributed by atoms with Crippen molar-refractivity contribution in [1.82, 2.24) is 0 Å². The second kappa shape index (κ2) is 17.1. The highest BCUT2D eigenvalue weighted by atomic mass is 28.4. The van der Waals surface area contributed by atoms with Gasteiger partial charge in [0.2, 0.25) is 0 Å². The summed E-state index contributed by atoms with van der Waals surface area (Å²) in [7, 11) is -3.29. The molecule has 49 heavy (non-hydrogen) atoms. The SMILES string of the molecule is C=C(C)[C@H](O)[C@@H](C)[C@H](C[C@H](OCc1ccc(OC)cc1)[C@@H](C)CO[Si](C)(C)C(C)(C)C)O[Si](c1ccccc1)(c1ccccc1)C(C)(C)C. The van der Waals surface area contributed by atoms with Gasteiger partial charge in [-0.05, 0) is 64.6 Å². The van der Waals surface area contributed by atoms with Gasteiger partial charge in [-0.1, -0.05) is 140 Å². The van der Waals surface area contributed by atoms with Gasteiger partial charge in [-0.3, -0.25) is 0 Å². The van der Waals surface area contributed by atoms with Crippen LogP contribution in [0.1, 0.15) is 74.3 Å². The molecule has 0 aromatic heterocycles. The van der Waals surface area contributed by atoms with Crippen molar-refractivity contribution < 1.29 is 23.4 Å². The summed E-state index contributed by atoms with van der Waals surface area (Å²) in [4.78, 5) is 0. The Morgan fingerprint density at radius 1 is 0.776 bits per heavy atom. The molecular weight excluding hydrogens is 641 g/mol. The molecule has 0 aliphatic rings. The maximum absolute atomic E-state index is 11.6.